The first-order valence-electron chi connectivity index (χ1n) is 14.7. The summed E-state index contributed by atoms with van der Waals surface area (Å²) < 4.78 is 18.1. The van der Waals surface area contributed by atoms with Crippen molar-refractivity contribution in [3.63, 3.8) is 0 Å². The van der Waals surface area contributed by atoms with E-state index in [2.05, 4.69) is 13.8 Å². The maximum atomic E-state index is 13.9. The highest BCUT2D eigenvalue weighted by Gasteiger charge is 2.64. The lowest BCUT2D eigenvalue weighted by molar-refractivity contribution is -0.228. The molecule has 3 N–H and O–H groups in total. The van der Waals surface area contributed by atoms with Gasteiger partial charge in [-0.25, -0.2) is 0 Å². The van der Waals surface area contributed by atoms with Crippen LogP contribution in [0.3, 0.4) is 0 Å². The summed E-state index contributed by atoms with van der Waals surface area (Å²) in [6.45, 7) is 5.95. The molecule has 2 bridgehead atoms. The van der Waals surface area contributed by atoms with Crippen LogP contribution in [0, 0.1) is 52.8 Å². The van der Waals surface area contributed by atoms with Crippen LogP contribution in [0.15, 0.2) is 11.6 Å². The zero-order valence-corrected chi connectivity index (χ0v) is 23.3. The number of aliphatic hydroxyl groups is 2. The number of carbonyl (C=O) groups excluding carboxylic acids is 2. The van der Waals surface area contributed by atoms with Crippen LogP contribution in [0.5, 0.6) is 0 Å². The smallest absolute Gasteiger partial charge is 0.307 e. The molecule has 0 aromatic heterocycles. The van der Waals surface area contributed by atoms with E-state index in [0.717, 1.165) is 37.7 Å². The van der Waals surface area contributed by atoms with Gasteiger partial charge in [-0.05, 0) is 74.2 Å². The topological polar surface area (TPSA) is 140 Å². The molecule has 7 unspecified atom stereocenters. The first-order chi connectivity index (χ1) is 18.6. The van der Waals surface area contributed by atoms with Crippen LogP contribution in [0.2, 0.25) is 0 Å². The number of allylic oxidation sites excluding steroid dienone is 1. The van der Waals surface area contributed by atoms with E-state index in [4.69, 9.17) is 14.2 Å². The van der Waals surface area contributed by atoms with E-state index in [1.165, 1.54) is 6.92 Å². The quantitative estimate of drug-likeness (QED) is 0.391. The van der Waals surface area contributed by atoms with E-state index in [1.54, 1.807) is 6.08 Å². The van der Waals surface area contributed by atoms with Gasteiger partial charge in [0.15, 0.2) is 5.78 Å². The van der Waals surface area contributed by atoms with Gasteiger partial charge in [0.25, 0.3) is 0 Å². The van der Waals surface area contributed by atoms with Crippen molar-refractivity contribution < 1.29 is 43.9 Å². The lowest BCUT2D eigenvalue weighted by atomic mass is 9.45. The minimum absolute atomic E-state index is 0.00133. The van der Waals surface area contributed by atoms with Gasteiger partial charge in [0, 0.05) is 24.2 Å². The third-order valence-electron chi connectivity index (χ3n) is 10.5. The molecule has 11 atom stereocenters. The van der Waals surface area contributed by atoms with Crippen LogP contribution >= 0.6 is 0 Å². The number of carbonyl (C=O) groups is 3. The molecule has 0 aromatic rings. The summed E-state index contributed by atoms with van der Waals surface area (Å²) in [5.74, 6) is -1.93. The minimum Gasteiger partial charge on any atom is -0.481 e. The van der Waals surface area contributed by atoms with Gasteiger partial charge >= 0.3 is 11.9 Å². The summed E-state index contributed by atoms with van der Waals surface area (Å²) in [6, 6.07) is 0. The molecule has 0 aromatic carbocycles. The number of hydrogen-bond acceptors (Lipinski definition) is 8. The Labute approximate surface area is 230 Å². The van der Waals surface area contributed by atoms with Gasteiger partial charge in [0.2, 0.25) is 0 Å². The normalized spacial score (nSPS) is 42.1. The van der Waals surface area contributed by atoms with Gasteiger partial charge < -0.3 is 29.5 Å². The second kappa shape index (κ2) is 11.2. The fraction of sp³-hybridized carbons (Fsp3) is 0.833. The van der Waals surface area contributed by atoms with Gasteiger partial charge in [0.1, 0.15) is 12.2 Å². The van der Waals surface area contributed by atoms with Gasteiger partial charge in [-0.3, -0.25) is 14.4 Å². The van der Waals surface area contributed by atoms with Crippen molar-refractivity contribution in [2.75, 3.05) is 26.4 Å². The largest absolute Gasteiger partial charge is 0.481 e. The fourth-order valence-corrected chi connectivity index (χ4v) is 9.25. The predicted octanol–water partition coefficient (Wildman–Crippen LogP) is 2.62. The molecule has 5 rings (SSSR count). The second-order valence-corrected chi connectivity index (χ2v) is 13.1. The SMILES string of the molecule is CC(=O)O[C@@H]1C[C@]23COCC(C2CCC2C3=CC(=O)C3C2CCC(CC(C)C)C3C(=O)O)[C@H]1OC[C@@H](O)CO. The average molecular weight is 549 g/mol. The van der Waals surface area contributed by atoms with Gasteiger partial charge in [-0.1, -0.05) is 19.4 Å². The van der Waals surface area contributed by atoms with Crippen LogP contribution < -0.4 is 0 Å². The second-order valence-electron chi connectivity index (χ2n) is 13.1. The van der Waals surface area contributed by atoms with Crippen molar-refractivity contribution in [2.24, 2.45) is 52.8 Å². The highest BCUT2D eigenvalue weighted by Crippen LogP contribution is 2.64. The lowest BCUT2D eigenvalue weighted by Gasteiger charge is -2.63. The predicted molar refractivity (Wildman–Crippen MR) is 139 cm³/mol. The number of esters is 1. The molecule has 0 spiro atoms. The van der Waals surface area contributed by atoms with E-state index in [1.807, 2.05) is 0 Å². The Bertz CT molecular complexity index is 991. The molecule has 9 heteroatoms. The number of carboxylic acids is 1. The first-order valence-corrected chi connectivity index (χ1v) is 14.7. The molecule has 1 heterocycles. The van der Waals surface area contributed by atoms with Crippen LogP contribution in [0.1, 0.15) is 59.3 Å². The zero-order chi connectivity index (χ0) is 28.1. The van der Waals surface area contributed by atoms with Crippen molar-refractivity contribution in [1.82, 2.24) is 0 Å². The molecular formula is C30H44O9. The Morgan fingerprint density at radius 1 is 1.18 bits per heavy atom. The third-order valence-corrected chi connectivity index (χ3v) is 10.5. The third kappa shape index (κ3) is 5.09. The maximum Gasteiger partial charge on any atom is 0.307 e. The number of carboxylic acid groups (broad SMARTS) is 1. The van der Waals surface area contributed by atoms with Gasteiger partial charge in [0.05, 0.1) is 38.4 Å². The zero-order valence-electron chi connectivity index (χ0n) is 23.3. The highest BCUT2D eigenvalue weighted by molar-refractivity contribution is 5.97. The number of ketones is 1. The summed E-state index contributed by atoms with van der Waals surface area (Å²) in [5, 5.41) is 29.5. The van der Waals surface area contributed by atoms with Crippen molar-refractivity contribution in [1.29, 1.82) is 0 Å². The minimum atomic E-state index is -1.03. The van der Waals surface area contributed by atoms with Crippen LogP contribution in [-0.4, -0.2) is 77.8 Å². The molecule has 5 aliphatic rings. The highest BCUT2D eigenvalue weighted by atomic mass is 16.6. The Hall–Kier alpha value is -1.81. The van der Waals surface area contributed by atoms with E-state index in [9.17, 15) is 29.7 Å². The number of fused-ring (bicyclic) bond motifs is 3. The molecule has 3 saturated carbocycles. The van der Waals surface area contributed by atoms with Crippen molar-refractivity contribution in [3.05, 3.63) is 11.6 Å². The molecule has 1 saturated heterocycles. The summed E-state index contributed by atoms with van der Waals surface area (Å²) in [6.07, 6.45) is 4.40. The number of hydrogen-bond donors (Lipinski definition) is 3. The van der Waals surface area contributed by atoms with E-state index in [0.29, 0.717) is 25.6 Å². The Morgan fingerprint density at radius 2 is 1.95 bits per heavy atom. The number of rotatable bonds is 8. The fourth-order valence-electron chi connectivity index (χ4n) is 9.25. The number of aliphatic hydroxyl groups excluding tert-OH is 2. The van der Waals surface area contributed by atoms with Crippen molar-refractivity contribution in [2.45, 2.75) is 77.6 Å². The first kappa shape index (κ1) is 28.7. The van der Waals surface area contributed by atoms with E-state index < -0.39 is 54.1 Å². The molecule has 0 amide bonds. The molecular weight excluding hydrogens is 504 g/mol. The van der Waals surface area contributed by atoms with Crippen LogP contribution in [0.25, 0.3) is 0 Å². The lowest BCUT2D eigenvalue weighted by Crippen LogP contribution is -2.64. The molecule has 218 valence electrons. The maximum absolute atomic E-state index is 13.9. The molecule has 1 aliphatic heterocycles. The summed E-state index contributed by atoms with van der Waals surface area (Å²) in [7, 11) is 0. The Kier molecular flexibility index (Phi) is 8.26. The van der Waals surface area contributed by atoms with E-state index >= 15 is 0 Å². The Balaban J connectivity index is 1.49. The average Bonchev–Trinajstić information content (AvgIpc) is 2.87. The molecule has 4 aliphatic carbocycles. The van der Waals surface area contributed by atoms with Gasteiger partial charge in [-0.15, -0.1) is 0 Å². The van der Waals surface area contributed by atoms with E-state index in [-0.39, 0.29) is 42.0 Å². The van der Waals surface area contributed by atoms with Gasteiger partial charge in [-0.2, -0.15) is 0 Å². The summed E-state index contributed by atoms with van der Waals surface area (Å²) >= 11 is 0. The monoisotopic (exact) mass is 548 g/mol. The molecule has 0 radical (unpaired) electrons. The Morgan fingerprint density at radius 3 is 2.62 bits per heavy atom. The van der Waals surface area contributed by atoms with Crippen LogP contribution in [0.4, 0.5) is 0 Å². The standard InChI is InChI=1S/C30H44O9/c1-15(2)8-17-4-5-20-19-6-7-22-21-13-37-14-30(22,23(19)9-24(34)27(20)26(17)29(35)36)10-25(39-16(3)32)28(21)38-12-18(33)11-31/h9,15,17-22,25-28,31,33H,4-8,10-14H2,1-3H3,(H,35,36)/t17?,18-,19?,20?,21?,22?,25+,26?,27?,28+,30-/m0/s1. The molecule has 9 nitrogen and oxygen atoms in total. The summed E-state index contributed by atoms with van der Waals surface area (Å²) in [4.78, 5) is 38.5. The van der Waals surface area contributed by atoms with Crippen molar-refractivity contribution in [3.8, 4) is 0 Å². The van der Waals surface area contributed by atoms with Crippen molar-refractivity contribution >= 4 is 17.7 Å². The molecule has 4 fully saturated rings. The summed E-state index contributed by atoms with van der Waals surface area (Å²) in [5.41, 5.74) is 0.586. The molecule has 39 heavy (non-hydrogen) atoms. The number of ether oxygens (including phenoxy) is 3. The van der Waals surface area contributed by atoms with Crippen LogP contribution in [-0.2, 0) is 28.6 Å². The number of aliphatic carboxylic acids is 1.